The maximum atomic E-state index is 11.5. The third-order valence-electron chi connectivity index (χ3n) is 2.51. The SMILES string of the molecule is C[C@H](Cl)C(=O)N1CC[C@H](O)[C@@H](C)C1. The quantitative estimate of drug-likeness (QED) is 0.645. The molecular formula is C9H16ClNO2. The van der Waals surface area contributed by atoms with E-state index < -0.39 is 5.38 Å². The summed E-state index contributed by atoms with van der Waals surface area (Å²) < 4.78 is 0. The van der Waals surface area contributed by atoms with Gasteiger partial charge in [0.15, 0.2) is 0 Å². The van der Waals surface area contributed by atoms with Gasteiger partial charge in [-0.05, 0) is 19.3 Å². The Bertz CT molecular complexity index is 196. The topological polar surface area (TPSA) is 40.5 Å². The van der Waals surface area contributed by atoms with E-state index in [0.717, 1.165) is 0 Å². The predicted molar refractivity (Wildman–Crippen MR) is 51.7 cm³/mol. The Kier molecular flexibility index (Phi) is 3.56. The summed E-state index contributed by atoms with van der Waals surface area (Å²) in [5.41, 5.74) is 0. The number of carbonyl (C=O) groups excluding carboxylic acids is 1. The molecular weight excluding hydrogens is 190 g/mol. The third-order valence-corrected chi connectivity index (χ3v) is 2.70. The number of likely N-dealkylation sites (tertiary alicyclic amines) is 1. The summed E-state index contributed by atoms with van der Waals surface area (Å²) in [5.74, 6) is 0.133. The van der Waals surface area contributed by atoms with E-state index in [1.54, 1.807) is 11.8 Å². The van der Waals surface area contributed by atoms with Gasteiger partial charge in [-0.3, -0.25) is 4.79 Å². The predicted octanol–water partition coefficient (Wildman–Crippen LogP) is 0.843. The highest BCUT2D eigenvalue weighted by molar-refractivity contribution is 6.30. The highest BCUT2D eigenvalue weighted by atomic mass is 35.5. The molecule has 0 aromatic rings. The normalized spacial score (nSPS) is 31.5. The van der Waals surface area contributed by atoms with Crippen LogP contribution in [0.5, 0.6) is 0 Å². The van der Waals surface area contributed by atoms with Gasteiger partial charge in [-0.25, -0.2) is 0 Å². The molecule has 1 saturated heterocycles. The molecule has 0 aromatic heterocycles. The summed E-state index contributed by atoms with van der Waals surface area (Å²) in [6.07, 6.45) is 0.394. The van der Waals surface area contributed by atoms with Gasteiger partial charge in [0.05, 0.1) is 6.10 Å². The molecule has 1 aliphatic heterocycles. The molecule has 1 heterocycles. The maximum absolute atomic E-state index is 11.5. The van der Waals surface area contributed by atoms with Crippen LogP contribution in [-0.4, -0.2) is 40.5 Å². The summed E-state index contributed by atoms with van der Waals surface area (Å²) in [6, 6.07) is 0. The van der Waals surface area contributed by atoms with E-state index >= 15 is 0 Å². The number of carbonyl (C=O) groups is 1. The minimum absolute atomic E-state index is 0.0274. The summed E-state index contributed by atoms with van der Waals surface area (Å²) >= 11 is 5.69. The van der Waals surface area contributed by atoms with Crippen molar-refractivity contribution in [3.63, 3.8) is 0 Å². The second-order valence-corrected chi connectivity index (χ2v) is 4.39. The number of halogens is 1. The molecule has 0 bridgehead atoms. The molecule has 0 aromatic carbocycles. The third kappa shape index (κ3) is 2.58. The van der Waals surface area contributed by atoms with E-state index in [9.17, 15) is 9.90 Å². The number of hydrogen-bond donors (Lipinski definition) is 1. The van der Waals surface area contributed by atoms with E-state index in [2.05, 4.69) is 0 Å². The van der Waals surface area contributed by atoms with Gasteiger partial charge in [-0.15, -0.1) is 11.6 Å². The van der Waals surface area contributed by atoms with Gasteiger partial charge in [0.25, 0.3) is 0 Å². The van der Waals surface area contributed by atoms with Gasteiger partial charge in [0.1, 0.15) is 5.38 Å². The molecule has 3 atom stereocenters. The van der Waals surface area contributed by atoms with Crippen LogP contribution in [0.1, 0.15) is 20.3 Å². The number of amides is 1. The van der Waals surface area contributed by atoms with Crippen molar-refractivity contribution in [3.05, 3.63) is 0 Å². The summed E-state index contributed by atoms with van der Waals surface area (Å²) in [6.45, 7) is 4.88. The molecule has 1 fully saturated rings. The molecule has 4 heteroatoms. The molecule has 76 valence electrons. The first kappa shape index (κ1) is 10.8. The van der Waals surface area contributed by atoms with E-state index in [4.69, 9.17) is 11.6 Å². The average Bonchev–Trinajstić information content (AvgIpc) is 2.08. The van der Waals surface area contributed by atoms with Gasteiger partial charge in [-0.1, -0.05) is 6.92 Å². The number of rotatable bonds is 1. The van der Waals surface area contributed by atoms with E-state index in [-0.39, 0.29) is 17.9 Å². The van der Waals surface area contributed by atoms with Crippen molar-refractivity contribution >= 4 is 17.5 Å². The van der Waals surface area contributed by atoms with Crippen molar-refractivity contribution in [1.82, 2.24) is 4.90 Å². The van der Waals surface area contributed by atoms with E-state index in [1.165, 1.54) is 0 Å². The molecule has 1 rings (SSSR count). The number of piperidine rings is 1. The van der Waals surface area contributed by atoms with Crippen LogP contribution in [0.15, 0.2) is 0 Å². The highest BCUT2D eigenvalue weighted by Gasteiger charge is 2.28. The van der Waals surface area contributed by atoms with Gasteiger partial charge in [0, 0.05) is 13.1 Å². The zero-order valence-electron chi connectivity index (χ0n) is 8.03. The summed E-state index contributed by atoms with van der Waals surface area (Å²) in [5, 5.41) is 8.99. The van der Waals surface area contributed by atoms with Crippen molar-refractivity contribution < 1.29 is 9.90 Å². The Morgan fingerprint density at radius 2 is 2.31 bits per heavy atom. The fraction of sp³-hybridized carbons (Fsp3) is 0.889. The number of alkyl halides is 1. The van der Waals surface area contributed by atoms with Crippen molar-refractivity contribution in [1.29, 1.82) is 0 Å². The molecule has 0 saturated carbocycles. The molecule has 3 nitrogen and oxygen atoms in total. The second kappa shape index (κ2) is 4.29. The molecule has 1 aliphatic rings. The van der Waals surface area contributed by atoms with Gasteiger partial charge in [0.2, 0.25) is 5.91 Å². The van der Waals surface area contributed by atoms with Gasteiger partial charge in [-0.2, -0.15) is 0 Å². The molecule has 1 amide bonds. The van der Waals surface area contributed by atoms with Crippen molar-refractivity contribution in [2.75, 3.05) is 13.1 Å². The van der Waals surface area contributed by atoms with Crippen LogP contribution in [0.4, 0.5) is 0 Å². The lowest BCUT2D eigenvalue weighted by molar-refractivity contribution is -0.134. The lowest BCUT2D eigenvalue weighted by Gasteiger charge is -2.34. The van der Waals surface area contributed by atoms with Gasteiger partial charge >= 0.3 is 0 Å². The van der Waals surface area contributed by atoms with Crippen LogP contribution in [0.2, 0.25) is 0 Å². The Balaban J connectivity index is 2.50. The first-order valence-electron chi connectivity index (χ1n) is 4.63. The maximum Gasteiger partial charge on any atom is 0.240 e. The van der Waals surface area contributed by atoms with E-state index in [0.29, 0.717) is 19.5 Å². The van der Waals surface area contributed by atoms with Crippen LogP contribution in [0.25, 0.3) is 0 Å². The monoisotopic (exact) mass is 205 g/mol. The number of nitrogens with zero attached hydrogens (tertiary/aromatic N) is 1. The van der Waals surface area contributed by atoms with Crippen LogP contribution in [-0.2, 0) is 4.79 Å². The first-order chi connectivity index (χ1) is 6.02. The Hall–Kier alpha value is -0.280. The fourth-order valence-corrected chi connectivity index (χ4v) is 1.72. The molecule has 13 heavy (non-hydrogen) atoms. The van der Waals surface area contributed by atoms with E-state index in [1.807, 2.05) is 6.92 Å². The van der Waals surface area contributed by atoms with Crippen LogP contribution < -0.4 is 0 Å². The lowest BCUT2D eigenvalue weighted by Crippen LogP contribution is -2.47. The lowest BCUT2D eigenvalue weighted by atomic mass is 9.96. The number of aliphatic hydroxyl groups is 1. The van der Waals surface area contributed by atoms with Gasteiger partial charge < -0.3 is 10.0 Å². The molecule has 0 aliphatic carbocycles. The minimum atomic E-state index is -0.456. The van der Waals surface area contributed by atoms with Crippen LogP contribution in [0, 0.1) is 5.92 Å². The number of hydrogen-bond acceptors (Lipinski definition) is 2. The van der Waals surface area contributed by atoms with Crippen LogP contribution in [0.3, 0.4) is 0 Å². The van der Waals surface area contributed by atoms with Crippen LogP contribution >= 0.6 is 11.6 Å². The van der Waals surface area contributed by atoms with Crippen molar-refractivity contribution in [2.45, 2.75) is 31.7 Å². The summed E-state index contributed by atoms with van der Waals surface area (Å²) in [4.78, 5) is 13.2. The number of aliphatic hydroxyl groups excluding tert-OH is 1. The van der Waals surface area contributed by atoms with Crippen molar-refractivity contribution in [2.24, 2.45) is 5.92 Å². The fourth-order valence-electron chi connectivity index (χ4n) is 1.58. The standard InChI is InChI=1S/C9H16ClNO2/c1-6-5-11(4-3-8(6)12)9(13)7(2)10/h6-8,12H,3-5H2,1-2H3/t6-,7-,8-/m0/s1. The molecule has 0 spiro atoms. The highest BCUT2D eigenvalue weighted by Crippen LogP contribution is 2.17. The molecule has 1 N–H and O–H groups in total. The average molecular weight is 206 g/mol. The largest absolute Gasteiger partial charge is 0.393 e. The molecule has 0 unspecified atom stereocenters. The Morgan fingerprint density at radius 3 is 2.77 bits per heavy atom. The zero-order chi connectivity index (χ0) is 10.0. The summed E-state index contributed by atoms with van der Waals surface area (Å²) in [7, 11) is 0. The minimum Gasteiger partial charge on any atom is -0.393 e. The smallest absolute Gasteiger partial charge is 0.240 e. The first-order valence-corrected chi connectivity index (χ1v) is 5.07. The Labute approximate surface area is 83.7 Å². The molecule has 0 radical (unpaired) electrons. The van der Waals surface area contributed by atoms with Crippen molar-refractivity contribution in [3.8, 4) is 0 Å². The zero-order valence-corrected chi connectivity index (χ0v) is 8.79. The Morgan fingerprint density at radius 1 is 1.69 bits per heavy atom. The second-order valence-electron chi connectivity index (χ2n) is 3.73.